The highest BCUT2D eigenvalue weighted by Gasteiger charge is 2.26. The Kier molecular flexibility index (Phi) is 6.92. The Bertz CT molecular complexity index is 2400. The monoisotopic (exact) mass is 637 g/mol. The minimum atomic E-state index is 0.742. The molecule has 9 rings (SSSR count). The summed E-state index contributed by atoms with van der Waals surface area (Å²) in [6.45, 7) is 0. The summed E-state index contributed by atoms with van der Waals surface area (Å²) in [5.41, 5.74) is 10.3. The number of benzene rings is 7. The predicted molar refractivity (Wildman–Crippen MR) is 198 cm³/mol. The molecular formula is C42H27N3S2. The van der Waals surface area contributed by atoms with Crippen molar-refractivity contribution in [3.8, 4) is 44.2 Å². The zero-order valence-corrected chi connectivity index (χ0v) is 26.9. The van der Waals surface area contributed by atoms with Gasteiger partial charge in [-0.3, -0.25) is 0 Å². The van der Waals surface area contributed by atoms with Gasteiger partial charge in [-0.05, 0) is 93.1 Å². The number of hydrogen-bond donors (Lipinski definition) is 0. The molecule has 2 heterocycles. The maximum atomic E-state index is 5.09. The molecule has 1 aliphatic rings. The average molecular weight is 638 g/mol. The second-order valence-corrected chi connectivity index (χ2v) is 13.4. The van der Waals surface area contributed by atoms with E-state index in [0.717, 1.165) is 33.3 Å². The van der Waals surface area contributed by atoms with Crippen molar-refractivity contribution in [3.05, 3.63) is 164 Å². The summed E-state index contributed by atoms with van der Waals surface area (Å²) in [6.07, 6.45) is 0. The van der Waals surface area contributed by atoms with Crippen molar-refractivity contribution in [2.75, 3.05) is 4.90 Å². The molecule has 0 bridgehead atoms. The second-order valence-electron chi connectivity index (χ2n) is 11.5. The number of nitrogens with zero attached hydrogens (tertiary/aromatic N) is 3. The molecule has 5 heteroatoms. The third kappa shape index (κ3) is 5.10. The molecule has 0 radical (unpaired) electrons. The number of anilines is 3. The lowest BCUT2D eigenvalue weighted by molar-refractivity contribution is 1.16. The molecule has 3 nitrogen and oxygen atoms in total. The van der Waals surface area contributed by atoms with E-state index >= 15 is 0 Å². The van der Waals surface area contributed by atoms with E-state index in [1.807, 2.05) is 11.8 Å². The summed E-state index contributed by atoms with van der Waals surface area (Å²) in [4.78, 5) is 9.90. The number of aromatic nitrogens is 2. The van der Waals surface area contributed by atoms with Gasteiger partial charge in [-0.2, -0.15) is 4.37 Å². The first-order valence-corrected chi connectivity index (χ1v) is 17.2. The lowest BCUT2D eigenvalue weighted by Crippen LogP contribution is -2.15. The SMILES string of the molecule is c1ccc(-c2cccc(N3c4ccccc4Sc4ccc(-c5nsc(-c6ccc7cccc(-c8ccccc8)c7c6)n5)cc43)c2)cc1. The largest absolute Gasteiger partial charge is 0.308 e. The topological polar surface area (TPSA) is 29.0 Å². The van der Waals surface area contributed by atoms with E-state index < -0.39 is 0 Å². The van der Waals surface area contributed by atoms with E-state index in [4.69, 9.17) is 9.36 Å². The number of hydrogen-bond acceptors (Lipinski definition) is 5. The van der Waals surface area contributed by atoms with Crippen molar-refractivity contribution in [1.29, 1.82) is 0 Å². The van der Waals surface area contributed by atoms with Crippen LogP contribution in [0.5, 0.6) is 0 Å². The van der Waals surface area contributed by atoms with Crippen LogP contribution in [-0.2, 0) is 0 Å². The van der Waals surface area contributed by atoms with Gasteiger partial charge in [-0.25, -0.2) is 4.98 Å². The molecule has 0 unspecified atom stereocenters. The van der Waals surface area contributed by atoms with E-state index in [0.29, 0.717) is 0 Å². The molecule has 0 amide bonds. The molecule has 8 aromatic rings. The van der Waals surface area contributed by atoms with Crippen LogP contribution in [0.25, 0.3) is 55.0 Å². The fraction of sp³-hybridized carbons (Fsp3) is 0. The van der Waals surface area contributed by atoms with Gasteiger partial charge in [-0.1, -0.05) is 127 Å². The van der Waals surface area contributed by atoms with E-state index in [-0.39, 0.29) is 0 Å². The number of rotatable bonds is 5. The lowest BCUT2D eigenvalue weighted by Gasteiger charge is -2.33. The van der Waals surface area contributed by atoms with Crippen molar-refractivity contribution < 1.29 is 0 Å². The molecule has 0 aliphatic carbocycles. The van der Waals surface area contributed by atoms with Gasteiger partial charge < -0.3 is 4.90 Å². The van der Waals surface area contributed by atoms with Crippen LogP contribution in [0, 0.1) is 0 Å². The maximum Gasteiger partial charge on any atom is 0.173 e. The Balaban J connectivity index is 1.11. The molecule has 0 N–H and O–H groups in total. The summed E-state index contributed by atoms with van der Waals surface area (Å²) < 4.78 is 4.87. The van der Waals surface area contributed by atoms with Crippen molar-refractivity contribution in [2.45, 2.75) is 9.79 Å². The van der Waals surface area contributed by atoms with Gasteiger partial charge in [0.2, 0.25) is 0 Å². The fourth-order valence-corrected chi connectivity index (χ4v) is 8.08. The Morgan fingerprint density at radius 2 is 1.19 bits per heavy atom. The summed E-state index contributed by atoms with van der Waals surface area (Å²) in [7, 11) is 0. The molecular weight excluding hydrogens is 611 g/mol. The van der Waals surface area contributed by atoms with E-state index in [1.54, 1.807) is 0 Å². The van der Waals surface area contributed by atoms with Gasteiger partial charge in [-0.15, -0.1) is 0 Å². The average Bonchev–Trinajstić information content (AvgIpc) is 3.65. The minimum absolute atomic E-state index is 0.742. The smallest absolute Gasteiger partial charge is 0.173 e. The Morgan fingerprint density at radius 3 is 2.06 bits per heavy atom. The van der Waals surface area contributed by atoms with Crippen LogP contribution in [0.15, 0.2) is 174 Å². The molecule has 0 saturated heterocycles. The molecule has 47 heavy (non-hydrogen) atoms. The molecule has 0 fully saturated rings. The van der Waals surface area contributed by atoms with Crippen LogP contribution < -0.4 is 4.90 Å². The van der Waals surface area contributed by atoms with Gasteiger partial charge in [0.15, 0.2) is 5.82 Å². The Labute approximate surface area is 282 Å². The molecule has 1 aliphatic heterocycles. The van der Waals surface area contributed by atoms with Crippen LogP contribution in [0.3, 0.4) is 0 Å². The summed E-state index contributed by atoms with van der Waals surface area (Å²) in [5, 5.41) is 3.34. The highest BCUT2D eigenvalue weighted by atomic mass is 32.2. The fourth-order valence-electron chi connectivity index (χ4n) is 6.36. The molecule has 0 spiro atoms. The van der Waals surface area contributed by atoms with Crippen LogP contribution in [0.1, 0.15) is 0 Å². The quantitative estimate of drug-likeness (QED) is 0.188. The third-order valence-corrected chi connectivity index (χ3v) is 10.5. The van der Waals surface area contributed by atoms with Crippen molar-refractivity contribution in [2.24, 2.45) is 0 Å². The van der Waals surface area contributed by atoms with Gasteiger partial charge in [0, 0.05) is 26.6 Å². The first-order valence-electron chi connectivity index (χ1n) is 15.6. The van der Waals surface area contributed by atoms with Gasteiger partial charge in [0.05, 0.1) is 11.4 Å². The Hall–Kier alpha value is -5.49. The van der Waals surface area contributed by atoms with Gasteiger partial charge >= 0.3 is 0 Å². The molecule has 0 atom stereocenters. The van der Waals surface area contributed by atoms with Crippen molar-refractivity contribution >= 4 is 51.1 Å². The summed E-state index contributed by atoms with van der Waals surface area (Å²) in [6, 6.07) is 58.2. The van der Waals surface area contributed by atoms with Crippen molar-refractivity contribution in [1.82, 2.24) is 9.36 Å². The lowest BCUT2D eigenvalue weighted by atomic mass is 9.97. The Morgan fingerprint density at radius 1 is 0.468 bits per heavy atom. The number of para-hydroxylation sites is 1. The van der Waals surface area contributed by atoms with Crippen LogP contribution in [0.2, 0.25) is 0 Å². The van der Waals surface area contributed by atoms with Crippen molar-refractivity contribution in [3.63, 3.8) is 0 Å². The zero-order chi connectivity index (χ0) is 31.2. The molecule has 1 aromatic heterocycles. The van der Waals surface area contributed by atoms with E-state index in [1.165, 1.54) is 60.0 Å². The minimum Gasteiger partial charge on any atom is -0.308 e. The number of fused-ring (bicyclic) bond motifs is 3. The van der Waals surface area contributed by atoms with Crippen LogP contribution in [-0.4, -0.2) is 9.36 Å². The van der Waals surface area contributed by atoms with Crippen LogP contribution in [0.4, 0.5) is 17.1 Å². The summed E-state index contributed by atoms with van der Waals surface area (Å²) in [5.74, 6) is 0.742. The van der Waals surface area contributed by atoms with E-state index in [2.05, 4.69) is 169 Å². The predicted octanol–water partition coefficient (Wildman–Crippen LogP) is 12.3. The normalized spacial score (nSPS) is 12.1. The molecule has 7 aromatic carbocycles. The van der Waals surface area contributed by atoms with E-state index in [9.17, 15) is 0 Å². The second kappa shape index (κ2) is 11.7. The zero-order valence-electron chi connectivity index (χ0n) is 25.2. The van der Waals surface area contributed by atoms with Crippen LogP contribution >= 0.6 is 23.3 Å². The summed E-state index contributed by atoms with van der Waals surface area (Å²) >= 11 is 3.26. The first kappa shape index (κ1) is 27.8. The first-order chi connectivity index (χ1) is 23.3. The standard InChI is InChI=1S/C42H27N3S2/c1-3-11-28(12-4-1)31-16-9-17-34(25-31)45-37-19-7-8-20-39(37)46-40-24-23-32(27-38(40)45)41-43-42(47-44-41)33-22-21-30-15-10-18-35(36(30)26-33)29-13-5-2-6-14-29/h1-27H. The highest BCUT2D eigenvalue weighted by molar-refractivity contribution is 7.99. The molecule has 0 saturated carbocycles. The van der Waals surface area contributed by atoms with Gasteiger partial charge in [0.1, 0.15) is 5.01 Å². The maximum absolute atomic E-state index is 5.09. The third-order valence-electron chi connectivity index (χ3n) is 8.64. The van der Waals surface area contributed by atoms with Gasteiger partial charge in [0.25, 0.3) is 0 Å². The molecule has 222 valence electrons. The highest BCUT2D eigenvalue weighted by Crippen LogP contribution is 2.52.